The van der Waals surface area contributed by atoms with Crippen molar-refractivity contribution in [1.29, 1.82) is 0 Å². The standard InChI is InChI=1S/C27H28N2O3S/c1-3-4-7-21-12-14-22(15-13-21)28-27(30)19-29-18-26(24-8-5-6-9-25(24)29)33(31,32)23-16-10-20(2)11-17-23/h5-6,8-18H,3-4,7,19H2,1-2H3,(H,28,30). The van der Waals surface area contributed by atoms with Gasteiger partial charge in [-0.15, -0.1) is 0 Å². The van der Waals surface area contributed by atoms with Crippen molar-refractivity contribution < 1.29 is 13.2 Å². The van der Waals surface area contributed by atoms with E-state index in [0.717, 1.165) is 30.5 Å². The predicted molar refractivity (Wildman–Crippen MR) is 132 cm³/mol. The highest BCUT2D eigenvalue weighted by molar-refractivity contribution is 7.91. The monoisotopic (exact) mass is 460 g/mol. The molecule has 0 spiro atoms. The number of carbonyl (C=O) groups excluding carboxylic acids is 1. The molecule has 1 heterocycles. The summed E-state index contributed by atoms with van der Waals surface area (Å²) in [7, 11) is -3.72. The molecule has 0 bridgehead atoms. The van der Waals surface area contributed by atoms with E-state index in [-0.39, 0.29) is 22.2 Å². The molecule has 0 saturated carbocycles. The maximum absolute atomic E-state index is 13.3. The largest absolute Gasteiger partial charge is 0.337 e. The van der Waals surface area contributed by atoms with Gasteiger partial charge < -0.3 is 9.88 Å². The van der Waals surface area contributed by atoms with Crippen LogP contribution >= 0.6 is 0 Å². The lowest BCUT2D eigenvalue weighted by Crippen LogP contribution is -2.18. The maximum atomic E-state index is 13.3. The number of aryl methyl sites for hydroxylation is 2. The minimum atomic E-state index is -3.72. The Morgan fingerprint density at radius 3 is 2.33 bits per heavy atom. The van der Waals surface area contributed by atoms with Crippen LogP contribution in [0.2, 0.25) is 0 Å². The molecule has 0 fully saturated rings. The Morgan fingerprint density at radius 1 is 0.939 bits per heavy atom. The third-order valence-corrected chi connectivity index (χ3v) is 7.54. The molecule has 5 nitrogen and oxygen atoms in total. The number of fused-ring (bicyclic) bond motifs is 1. The molecule has 0 aliphatic carbocycles. The first-order valence-electron chi connectivity index (χ1n) is 11.2. The molecule has 33 heavy (non-hydrogen) atoms. The van der Waals surface area contributed by atoms with Gasteiger partial charge in [0.25, 0.3) is 0 Å². The lowest BCUT2D eigenvalue weighted by Gasteiger charge is -2.08. The molecule has 1 amide bonds. The van der Waals surface area contributed by atoms with E-state index in [9.17, 15) is 13.2 Å². The number of rotatable bonds is 8. The van der Waals surface area contributed by atoms with Gasteiger partial charge >= 0.3 is 0 Å². The zero-order chi connectivity index (χ0) is 23.4. The van der Waals surface area contributed by atoms with Crippen molar-refractivity contribution in [1.82, 2.24) is 4.57 Å². The topological polar surface area (TPSA) is 68.2 Å². The molecule has 1 aromatic heterocycles. The van der Waals surface area contributed by atoms with Gasteiger partial charge in [-0.3, -0.25) is 4.79 Å². The number of benzene rings is 3. The Balaban J connectivity index is 1.59. The van der Waals surface area contributed by atoms with Crippen LogP contribution in [0.4, 0.5) is 5.69 Å². The lowest BCUT2D eigenvalue weighted by molar-refractivity contribution is -0.116. The number of sulfone groups is 1. The summed E-state index contributed by atoms with van der Waals surface area (Å²) in [5.41, 5.74) is 3.67. The summed E-state index contributed by atoms with van der Waals surface area (Å²) < 4.78 is 28.4. The van der Waals surface area contributed by atoms with Crippen LogP contribution in [0.25, 0.3) is 10.9 Å². The first-order chi connectivity index (χ1) is 15.9. The number of amides is 1. The van der Waals surface area contributed by atoms with Crippen LogP contribution in [0.5, 0.6) is 0 Å². The lowest BCUT2D eigenvalue weighted by atomic mass is 10.1. The maximum Gasteiger partial charge on any atom is 0.244 e. The first-order valence-corrected chi connectivity index (χ1v) is 12.6. The van der Waals surface area contributed by atoms with E-state index >= 15 is 0 Å². The second kappa shape index (κ2) is 9.63. The quantitative estimate of drug-likeness (QED) is 0.363. The van der Waals surface area contributed by atoms with Gasteiger partial charge in [0, 0.05) is 22.8 Å². The van der Waals surface area contributed by atoms with Gasteiger partial charge in [-0.05, 0) is 55.7 Å². The number of anilines is 1. The normalized spacial score (nSPS) is 11.6. The van der Waals surface area contributed by atoms with Gasteiger partial charge in [0.1, 0.15) is 6.54 Å². The second-order valence-electron chi connectivity index (χ2n) is 8.30. The van der Waals surface area contributed by atoms with E-state index in [2.05, 4.69) is 12.2 Å². The fraction of sp³-hybridized carbons (Fsp3) is 0.222. The Hall–Kier alpha value is -3.38. The summed E-state index contributed by atoms with van der Waals surface area (Å²) in [5, 5.41) is 3.52. The molecule has 0 aliphatic rings. The van der Waals surface area contributed by atoms with Crippen LogP contribution in [0.1, 0.15) is 30.9 Å². The van der Waals surface area contributed by atoms with Crippen molar-refractivity contribution in [2.24, 2.45) is 0 Å². The van der Waals surface area contributed by atoms with Crippen LogP contribution in [0.15, 0.2) is 88.8 Å². The molecular weight excluding hydrogens is 432 g/mol. The number of hydrogen-bond donors (Lipinski definition) is 1. The van der Waals surface area contributed by atoms with Gasteiger partial charge in [0.05, 0.1) is 9.79 Å². The van der Waals surface area contributed by atoms with Crippen molar-refractivity contribution in [2.75, 3.05) is 5.32 Å². The smallest absolute Gasteiger partial charge is 0.244 e. The molecule has 0 atom stereocenters. The minimum absolute atomic E-state index is 0.0154. The Morgan fingerprint density at radius 2 is 1.64 bits per heavy atom. The number of para-hydroxylation sites is 1. The molecule has 0 radical (unpaired) electrons. The molecule has 6 heteroatoms. The Bertz CT molecular complexity index is 1370. The predicted octanol–water partition coefficient (Wildman–Crippen LogP) is 5.76. The highest BCUT2D eigenvalue weighted by Crippen LogP contribution is 2.30. The molecule has 170 valence electrons. The van der Waals surface area contributed by atoms with Gasteiger partial charge in [0.15, 0.2) is 0 Å². The Labute approximate surface area is 195 Å². The summed E-state index contributed by atoms with van der Waals surface area (Å²) in [4.78, 5) is 13.2. The number of carbonyl (C=O) groups is 1. The molecular formula is C27H28N2O3S. The molecule has 0 aliphatic heterocycles. The van der Waals surface area contributed by atoms with E-state index < -0.39 is 9.84 Å². The van der Waals surface area contributed by atoms with Crippen molar-refractivity contribution in [2.45, 2.75) is 49.4 Å². The zero-order valence-corrected chi connectivity index (χ0v) is 19.7. The molecule has 3 aromatic carbocycles. The first kappa shape index (κ1) is 22.8. The fourth-order valence-corrected chi connectivity index (χ4v) is 5.37. The summed E-state index contributed by atoms with van der Waals surface area (Å²) in [6.45, 7) is 4.10. The van der Waals surface area contributed by atoms with E-state index in [1.807, 2.05) is 43.3 Å². The summed E-state index contributed by atoms with van der Waals surface area (Å²) in [6, 6.07) is 21.9. The molecule has 0 unspecified atom stereocenters. The van der Waals surface area contributed by atoms with Gasteiger partial charge in [-0.2, -0.15) is 0 Å². The molecule has 0 saturated heterocycles. The molecule has 4 aromatic rings. The highest BCUT2D eigenvalue weighted by Gasteiger charge is 2.23. The zero-order valence-electron chi connectivity index (χ0n) is 18.9. The van der Waals surface area contributed by atoms with Crippen molar-refractivity contribution in [3.63, 3.8) is 0 Å². The number of nitrogens with one attached hydrogen (secondary N) is 1. The van der Waals surface area contributed by atoms with E-state index in [1.165, 1.54) is 5.56 Å². The van der Waals surface area contributed by atoms with E-state index in [0.29, 0.717) is 10.9 Å². The molecule has 1 N–H and O–H groups in total. The van der Waals surface area contributed by atoms with Gasteiger partial charge in [-0.25, -0.2) is 8.42 Å². The van der Waals surface area contributed by atoms with Crippen LogP contribution in [0, 0.1) is 6.92 Å². The van der Waals surface area contributed by atoms with E-state index in [4.69, 9.17) is 0 Å². The van der Waals surface area contributed by atoms with Crippen molar-refractivity contribution >= 4 is 32.3 Å². The fourth-order valence-electron chi connectivity index (χ4n) is 3.89. The minimum Gasteiger partial charge on any atom is -0.337 e. The average molecular weight is 461 g/mol. The summed E-state index contributed by atoms with van der Waals surface area (Å²) in [5.74, 6) is -0.212. The third-order valence-electron chi connectivity index (χ3n) is 5.74. The van der Waals surface area contributed by atoms with Crippen molar-refractivity contribution in [3.8, 4) is 0 Å². The third kappa shape index (κ3) is 5.01. The van der Waals surface area contributed by atoms with Crippen LogP contribution < -0.4 is 5.32 Å². The number of hydrogen-bond acceptors (Lipinski definition) is 3. The Kier molecular flexibility index (Phi) is 6.65. The number of aromatic nitrogens is 1. The van der Waals surface area contributed by atoms with E-state index in [1.54, 1.807) is 47.2 Å². The SMILES string of the molecule is CCCCc1ccc(NC(=O)Cn2cc(S(=O)(=O)c3ccc(C)cc3)c3ccccc32)cc1. The number of unbranched alkanes of at least 4 members (excludes halogenated alkanes) is 1. The number of nitrogens with zero attached hydrogens (tertiary/aromatic N) is 1. The van der Waals surface area contributed by atoms with Crippen molar-refractivity contribution in [3.05, 3.63) is 90.1 Å². The average Bonchev–Trinajstić information content (AvgIpc) is 3.18. The van der Waals surface area contributed by atoms with Crippen LogP contribution in [-0.4, -0.2) is 18.9 Å². The molecule has 4 rings (SSSR count). The highest BCUT2D eigenvalue weighted by atomic mass is 32.2. The van der Waals surface area contributed by atoms with Gasteiger partial charge in [0.2, 0.25) is 15.7 Å². The van der Waals surface area contributed by atoms with Crippen LogP contribution in [-0.2, 0) is 27.6 Å². The van der Waals surface area contributed by atoms with Gasteiger partial charge in [-0.1, -0.05) is 61.4 Å². The summed E-state index contributed by atoms with van der Waals surface area (Å²) in [6.07, 6.45) is 4.87. The second-order valence-corrected chi connectivity index (χ2v) is 10.2. The van der Waals surface area contributed by atoms with Crippen LogP contribution in [0.3, 0.4) is 0 Å². The summed E-state index contributed by atoms with van der Waals surface area (Å²) >= 11 is 0.